The summed E-state index contributed by atoms with van der Waals surface area (Å²) in [6, 6.07) is 6.69. The summed E-state index contributed by atoms with van der Waals surface area (Å²) in [5.41, 5.74) is -5.84. The van der Waals surface area contributed by atoms with Gasteiger partial charge in [0, 0.05) is 5.56 Å². The molecule has 0 saturated heterocycles. The van der Waals surface area contributed by atoms with Gasteiger partial charge < -0.3 is 14.6 Å². The van der Waals surface area contributed by atoms with Gasteiger partial charge in [-0.25, -0.2) is 0 Å². The molecule has 2 rings (SSSR count). The molecule has 0 aromatic heterocycles. The smallest absolute Gasteiger partial charge is 0.430 e. The molecule has 0 unspecified atom stereocenters. The van der Waals surface area contributed by atoms with E-state index in [0.29, 0.717) is 17.9 Å². The van der Waals surface area contributed by atoms with Crippen LogP contribution in [0.2, 0.25) is 0 Å². The Morgan fingerprint density at radius 3 is 1.71 bits per heavy atom. The molecular formula is C19H18F6O3. The largest absolute Gasteiger partial charge is 0.507 e. The number of rotatable bonds is 5. The lowest BCUT2D eigenvalue weighted by Gasteiger charge is -2.38. The maximum absolute atomic E-state index is 13.8. The van der Waals surface area contributed by atoms with Crippen LogP contribution in [-0.4, -0.2) is 24.6 Å². The van der Waals surface area contributed by atoms with Crippen molar-refractivity contribution in [3.05, 3.63) is 58.7 Å². The van der Waals surface area contributed by atoms with Crippen LogP contribution < -0.4 is 4.74 Å². The Bertz CT molecular complexity index is 788. The van der Waals surface area contributed by atoms with Gasteiger partial charge in [0.15, 0.2) is 0 Å². The molecule has 28 heavy (non-hydrogen) atoms. The second-order valence-electron chi connectivity index (χ2n) is 6.27. The number of benzene rings is 2. The standard InChI is InChI=1S/C19H18F6O3/c1-11-8-14(9-12(2)16(11)26)17(18(20,21)22,19(23,24)25)28-10-13-4-6-15(27-3)7-5-13/h4-9,26H,10H2,1-3H3. The van der Waals surface area contributed by atoms with Gasteiger partial charge in [-0.3, -0.25) is 0 Å². The Balaban J connectivity index is 2.58. The van der Waals surface area contributed by atoms with Crippen molar-refractivity contribution < 1.29 is 40.9 Å². The molecule has 2 aromatic rings. The van der Waals surface area contributed by atoms with E-state index in [-0.39, 0.29) is 22.4 Å². The number of hydrogen-bond donors (Lipinski definition) is 1. The molecule has 1 N–H and O–H groups in total. The van der Waals surface area contributed by atoms with Crippen LogP contribution in [0.3, 0.4) is 0 Å². The number of halogens is 6. The van der Waals surface area contributed by atoms with Gasteiger partial charge in [-0.15, -0.1) is 0 Å². The van der Waals surface area contributed by atoms with Gasteiger partial charge in [0.05, 0.1) is 13.7 Å². The number of methoxy groups -OCH3 is 1. The van der Waals surface area contributed by atoms with E-state index < -0.39 is 30.1 Å². The van der Waals surface area contributed by atoms with E-state index in [1.54, 1.807) is 0 Å². The van der Waals surface area contributed by atoms with Crippen LogP contribution in [0.25, 0.3) is 0 Å². The summed E-state index contributed by atoms with van der Waals surface area (Å²) in [4.78, 5) is 0. The van der Waals surface area contributed by atoms with E-state index in [4.69, 9.17) is 4.74 Å². The van der Waals surface area contributed by atoms with Gasteiger partial charge in [0.2, 0.25) is 0 Å². The minimum atomic E-state index is -5.80. The first-order valence-corrected chi connectivity index (χ1v) is 8.04. The average Bonchev–Trinajstić information content (AvgIpc) is 2.58. The van der Waals surface area contributed by atoms with Gasteiger partial charge >= 0.3 is 12.4 Å². The van der Waals surface area contributed by atoms with Crippen molar-refractivity contribution in [2.24, 2.45) is 0 Å². The lowest BCUT2D eigenvalue weighted by atomic mass is 9.88. The molecule has 0 heterocycles. The molecular weight excluding hydrogens is 390 g/mol. The Morgan fingerprint density at radius 1 is 0.857 bits per heavy atom. The number of aromatic hydroxyl groups is 1. The minimum Gasteiger partial charge on any atom is -0.507 e. The van der Waals surface area contributed by atoms with E-state index >= 15 is 0 Å². The maximum atomic E-state index is 13.8. The number of hydrogen-bond acceptors (Lipinski definition) is 3. The molecule has 0 amide bonds. The summed E-state index contributed by atoms with van der Waals surface area (Å²) in [7, 11) is 1.37. The highest BCUT2D eigenvalue weighted by atomic mass is 19.4. The Hall–Kier alpha value is -2.42. The van der Waals surface area contributed by atoms with Crippen molar-refractivity contribution in [1.82, 2.24) is 0 Å². The van der Waals surface area contributed by atoms with Gasteiger partial charge in [-0.2, -0.15) is 26.3 Å². The minimum absolute atomic E-state index is 0.103. The van der Waals surface area contributed by atoms with Crippen LogP contribution >= 0.6 is 0 Å². The summed E-state index contributed by atoms with van der Waals surface area (Å²) in [5.74, 6) is 0.0172. The molecule has 0 bridgehead atoms. The van der Waals surface area contributed by atoms with E-state index in [1.807, 2.05) is 0 Å². The molecule has 154 valence electrons. The first-order valence-electron chi connectivity index (χ1n) is 8.04. The monoisotopic (exact) mass is 408 g/mol. The fourth-order valence-electron chi connectivity index (χ4n) is 2.81. The van der Waals surface area contributed by atoms with Crippen LogP contribution in [0.5, 0.6) is 11.5 Å². The van der Waals surface area contributed by atoms with Gasteiger partial charge in [-0.05, 0) is 54.8 Å². The summed E-state index contributed by atoms with van der Waals surface area (Å²) in [6.07, 6.45) is -11.6. The third-order valence-corrected chi connectivity index (χ3v) is 4.31. The third-order valence-electron chi connectivity index (χ3n) is 4.31. The zero-order valence-electron chi connectivity index (χ0n) is 15.2. The fourth-order valence-corrected chi connectivity index (χ4v) is 2.81. The van der Waals surface area contributed by atoms with Gasteiger partial charge in [-0.1, -0.05) is 12.1 Å². The van der Waals surface area contributed by atoms with Crippen molar-refractivity contribution in [3.8, 4) is 11.5 Å². The quantitative estimate of drug-likeness (QED) is 0.659. The third kappa shape index (κ3) is 3.89. The summed E-state index contributed by atoms with van der Waals surface area (Å²) >= 11 is 0. The molecule has 0 aliphatic heterocycles. The highest BCUT2D eigenvalue weighted by molar-refractivity contribution is 5.45. The molecule has 0 aliphatic rings. The number of alkyl halides is 6. The van der Waals surface area contributed by atoms with E-state index in [9.17, 15) is 31.4 Å². The maximum Gasteiger partial charge on any atom is 0.430 e. The van der Waals surface area contributed by atoms with Crippen LogP contribution in [-0.2, 0) is 16.9 Å². The lowest BCUT2D eigenvalue weighted by molar-refractivity contribution is -0.392. The number of phenolic OH excluding ortho intramolecular Hbond substituents is 1. The predicted octanol–water partition coefficient (Wildman–Crippen LogP) is 5.55. The fraction of sp³-hybridized carbons (Fsp3) is 0.368. The van der Waals surface area contributed by atoms with Crippen molar-refractivity contribution in [2.75, 3.05) is 7.11 Å². The molecule has 2 aromatic carbocycles. The predicted molar refractivity (Wildman–Crippen MR) is 89.2 cm³/mol. The second-order valence-corrected chi connectivity index (χ2v) is 6.27. The molecule has 9 heteroatoms. The zero-order chi connectivity index (χ0) is 21.3. The topological polar surface area (TPSA) is 38.7 Å². The SMILES string of the molecule is COc1ccc(COC(c2cc(C)c(O)c(C)c2)(C(F)(F)F)C(F)(F)F)cc1. The second kappa shape index (κ2) is 7.54. The summed E-state index contributed by atoms with van der Waals surface area (Å²) in [6.45, 7) is 1.49. The first kappa shape index (κ1) is 21.9. The lowest BCUT2D eigenvalue weighted by Crippen LogP contribution is -2.55. The van der Waals surface area contributed by atoms with Crippen LogP contribution in [0.4, 0.5) is 26.3 Å². The van der Waals surface area contributed by atoms with Crippen LogP contribution in [0, 0.1) is 13.8 Å². The van der Waals surface area contributed by atoms with Crippen LogP contribution in [0.15, 0.2) is 36.4 Å². The number of phenols is 1. The summed E-state index contributed by atoms with van der Waals surface area (Å²) < 4.78 is 92.4. The van der Waals surface area contributed by atoms with Gasteiger partial charge in [0.1, 0.15) is 11.5 Å². The molecule has 0 atom stereocenters. The first-order chi connectivity index (χ1) is 12.8. The Morgan fingerprint density at radius 2 is 1.32 bits per heavy atom. The van der Waals surface area contributed by atoms with E-state index in [2.05, 4.69) is 4.74 Å². The molecule has 0 fully saturated rings. The van der Waals surface area contributed by atoms with E-state index in [0.717, 1.165) is 0 Å². The number of aryl methyl sites for hydroxylation is 2. The Kier molecular flexibility index (Phi) is 5.89. The highest BCUT2D eigenvalue weighted by Crippen LogP contribution is 2.54. The van der Waals surface area contributed by atoms with Crippen molar-refractivity contribution in [2.45, 2.75) is 38.4 Å². The summed E-state index contributed by atoms with van der Waals surface area (Å²) in [5, 5.41) is 9.74. The van der Waals surface area contributed by atoms with Crippen molar-refractivity contribution >= 4 is 0 Å². The zero-order valence-corrected chi connectivity index (χ0v) is 15.2. The van der Waals surface area contributed by atoms with Crippen molar-refractivity contribution in [1.29, 1.82) is 0 Å². The van der Waals surface area contributed by atoms with Gasteiger partial charge in [0.25, 0.3) is 5.60 Å². The molecule has 0 spiro atoms. The molecule has 3 nitrogen and oxygen atoms in total. The van der Waals surface area contributed by atoms with Crippen molar-refractivity contribution in [3.63, 3.8) is 0 Å². The molecule has 0 aliphatic carbocycles. The normalized spacial score (nSPS) is 12.9. The molecule has 0 saturated carbocycles. The highest BCUT2D eigenvalue weighted by Gasteiger charge is 2.73. The van der Waals surface area contributed by atoms with E-state index in [1.165, 1.54) is 45.2 Å². The Labute approximate surface area is 157 Å². The molecule has 0 radical (unpaired) electrons. The number of ether oxygens (including phenoxy) is 2. The van der Waals surface area contributed by atoms with Crippen LogP contribution in [0.1, 0.15) is 22.3 Å². The average molecular weight is 408 g/mol.